The maximum absolute atomic E-state index is 11.6. The van der Waals surface area contributed by atoms with Crippen molar-refractivity contribution < 1.29 is 24.2 Å². The lowest BCUT2D eigenvalue weighted by Crippen LogP contribution is -2.33. The molecular formula is C13H24O5. The lowest BCUT2D eigenvalue weighted by molar-refractivity contribution is -0.211. The van der Waals surface area contributed by atoms with E-state index in [4.69, 9.17) is 9.47 Å². The van der Waals surface area contributed by atoms with Crippen LogP contribution in [0.2, 0.25) is 0 Å². The predicted octanol–water partition coefficient (Wildman–Crippen LogP) is 1.81. The number of ether oxygens (including phenoxy) is 2. The van der Waals surface area contributed by atoms with Crippen LogP contribution in [0.25, 0.3) is 0 Å². The Hall–Kier alpha value is -0.940. The molecule has 0 spiro atoms. The van der Waals surface area contributed by atoms with E-state index >= 15 is 0 Å². The minimum atomic E-state index is -1.34. The van der Waals surface area contributed by atoms with Crippen molar-refractivity contribution in [1.82, 2.24) is 0 Å². The molecule has 1 atom stereocenters. The van der Waals surface area contributed by atoms with Crippen LogP contribution in [0.15, 0.2) is 0 Å². The highest BCUT2D eigenvalue weighted by Crippen LogP contribution is 2.17. The minimum absolute atomic E-state index is 0.0229. The quantitative estimate of drug-likeness (QED) is 0.429. The molecule has 106 valence electrons. The van der Waals surface area contributed by atoms with Crippen LogP contribution >= 0.6 is 0 Å². The van der Waals surface area contributed by atoms with Gasteiger partial charge in [0.2, 0.25) is 0 Å². The Bertz CT molecular complexity index is 272. The molecule has 5 nitrogen and oxygen atoms in total. The first kappa shape index (κ1) is 17.1. The molecule has 0 aromatic heterocycles. The predicted molar refractivity (Wildman–Crippen MR) is 66.9 cm³/mol. The van der Waals surface area contributed by atoms with E-state index in [1.165, 1.54) is 13.8 Å². The van der Waals surface area contributed by atoms with Crippen LogP contribution in [0.4, 0.5) is 0 Å². The minimum Gasteiger partial charge on any atom is -0.460 e. The van der Waals surface area contributed by atoms with Gasteiger partial charge in [0.15, 0.2) is 5.79 Å². The summed E-state index contributed by atoms with van der Waals surface area (Å²) < 4.78 is 10.5. The smallest absolute Gasteiger partial charge is 0.308 e. The van der Waals surface area contributed by atoms with Gasteiger partial charge >= 0.3 is 5.97 Å². The molecule has 0 aliphatic heterocycles. The average Bonchev–Trinajstić information content (AvgIpc) is 2.08. The van der Waals surface area contributed by atoms with Gasteiger partial charge in [-0.25, -0.2) is 0 Å². The van der Waals surface area contributed by atoms with Gasteiger partial charge < -0.3 is 19.4 Å². The van der Waals surface area contributed by atoms with E-state index in [1.807, 2.05) is 0 Å². The first-order valence-corrected chi connectivity index (χ1v) is 6.09. The third-order valence-corrected chi connectivity index (χ3v) is 1.88. The highest BCUT2D eigenvalue weighted by atomic mass is 16.6. The summed E-state index contributed by atoms with van der Waals surface area (Å²) in [5.74, 6) is -1.74. The number of rotatable bonds is 7. The summed E-state index contributed by atoms with van der Waals surface area (Å²) in [6.07, 6.45) is 0.923. The SMILES string of the molecule is CC(C)(C)OC(=O)CC(CCC=O)OC(C)(C)O. The summed E-state index contributed by atoms with van der Waals surface area (Å²) in [5, 5.41) is 9.57. The maximum Gasteiger partial charge on any atom is 0.308 e. The van der Waals surface area contributed by atoms with Gasteiger partial charge in [-0.1, -0.05) is 0 Å². The Morgan fingerprint density at radius 1 is 1.28 bits per heavy atom. The molecule has 5 heteroatoms. The van der Waals surface area contributed by atoms with Gasteiger partial charge in [-0.2, -0.15) is 0 Å². The van der Waals surface area contributed by atoms with Gasteiger partial charge in [0.05, 0.1) is 12.5 Å². The van der Waals surface area contributed by atoms with Gasteiger partial charge in [-0.05, 0) is 41.0 Å². The van der Waals surface area contributed by atoms with Crippen molar-refractivity contribution in [3.05, 3.63) is 0 Å². The highest BCUT2D eigenvalue weighted by molar-refractivity contribution is 5.70. The molecule has 0 amide bonds. The molecule has 0 aromatic rings. The molecule has 0 fully saturated rings. The van der Waals surface area contributed by atoms with Crippen molar-refractivity contribution in [3.8, 4) is 0 Å². The Morgan fingerprint density at radius 3 is 2.22 bits per heavy atom. The number of hydrogen-bond donors (Lipinski definition) is 1. The van der Waals surface area contributed by atoms with E-state index in [9.17, 15) is 14.7 Å². The number of carbonyl (C=O) groups is 2. The van der Waals surface area contributed by atoms with Crippen molar-refractivity contribution in [2.45, 2.75) is 71.4 Å². The van der Waals surface area contributed by atoms with Gasteiger partial charge in [-0.15, -0.1) is 0 Å². The molecule has 0 saturated carbocycles. The van der Waals surface area contributed by atoms with Crippen molar-refractivity contribution in [3.63, 3.8) is 0 Å². The molecular weight excluding hydrogens is 236 g/mol. The van der Waals surface area contributed by atoms with Crippen LogP contribution in [0.3, 0.4) is 0 Å². The highest BCUT2D eigenvalue weighted by Gasteiger charge is 2.25. The van der Waals surface area contributed by atoms with Crippen LogP contribution < -0.4 is 0 Å². The van der Waals surface area contributed by atoms with E-state index in [0.717, 1.165) is 6.29 Å². The second kappa shape index (κ2) is 6.85. The Balaban J connectivity index is 4.39. The second-order valence-corrected chi connectivity index (χ2v) is 5.72. The number of hydrogen-bond acceptors (Lipinski definition) is 5. The first-order chi connectivity index (χ1) is 8.03. The van der Waals surface area contributed by atoms with Crippen LogP contribution in [-0.2, 0) is 19.1 Å². The molecule has 0 aliphatic carbocycles. The van der Waals surface area contributed by atoms with Crippen LogP contribution in [0, 0.1) is 0 Å². The van der Waals surface area contributed by atoms with E-state index in [2.05, 4.69) is 0 Å². The van der Waals surface area contributed by atoms with Crippen molar-refractivity contribution in [2.24, 2.45) is 0 Å². The summed E-state index contributed by atoms with van der Waals surface area (Å²) in [4.78, 5) is 22.0. The Kier molecular flexibility index (Phi) is 6.49. The summed E-state index contributed by atoms with van der Waals surface area (Å²) >= 11 is 0. The lowest BCUT2D eigenvalue weighted by atomic mass is 10.1. The summed E-state index contributed by atoms with van der Waals surface area (Å²) in [7, 11) is 0. The molecule has 0 radical (unpaired) electrons. The normalized spacial score (nSPS) is 14.1. The molecule has 0 heterocycles. The van der Waals surface area contributed by atoms with Gasteiger partial charge in [-0.3, -0.25) is 4.79 Å². The first-order valence-electron chi connectivity index (χ1n) is 6.09. The second-order valence-electron chi connectivity index (χ2n) is 5.72. The van der Waals surface area contributed by atoms with E-state index in [1.54, 1.807) is 20.8 Å². The number of aliphatic hydroxyl groups is 1. The molecule has 0 aliphatic rings. The number of aldehydes is 1. The molecule has 0 aromatic carbocycles. The standard InChI is InChI=1S/C13H24O5/c1-12(2,3)18-11(15)9-10(7-6-8-14)17-13(4,5)16/h8,10,16H,6-7,9H2,1-5H3. The van der Waals surface area contributed by atoms with Crippen LogP contribution in [0.1, 0.15) is 53.9 Å². The fraction of sp³-hybridized carbons (Fsp3) is 0.846. The zero-order valence-corrected chi connectivity index (χ0v) is 11.9. The number of esters is 1. The van der Waals surface area contributed by atoms with E-state index in [0.29, 0.717) is 6.42 Å². The van der Waals surface area contributed by atoms with Crippen LogP contribution in [-0.4, -0.2) is 34.9 Å². The van der Waals surface area contributed by atoms with Gasteiger partial charge in [0.25, 0.3) is 0 Å². The van der Waals surface area contributed by atoms with Gasteiger partial charge in [0.1, 0.15) is 11.9 Å². The Morgan fingerprint density at radius 2 is 1.83 bits per heavy atom. The van der Waals surface area contributed by atoms with Crippen LogP contribution in [0.5, 0.6) is 0 Å². The van der Waals surface area contributed by atoms with Crippen molar-refractivity contribution in [2.75, 3.05) is 0 Å². The maximum atomic E-state index is 11.6. The fourth-order valence-corrected chi connectivity index (χ4v) is 1.43. The molecule has 0 rings (SSSR count). The third-order valence-electron chi connectivity index (χ3n) is 1.88. The molecule has 0 saturated heterocycles. The van der Waals surface area contributed by atoms with E-state index < -0.39 is 23.5 Å². The third kappa shape index (κ3) is 10.2. The largest absolute Gasteiger partial charge is 0.460 e. The molecule has 0 bridgehead atoms. The van der Waals surface area contributed by atoms with Crippen molar-refractivity contribution in [1.29, 1.82) is 0 Å². The molecule has 18 heavy (non-hydrogen) atoms. The fourth-order valence-electron chi connectivity index (χ4n) is 1.43. The van der Waals surface area contributed by atoms with E-state index in [-0.39, 0.29) is 12.8 Å². The van der Waals surface area contributed by atoms with Crippen molar-refractivity contribution >= 4 is 12.3 Å². The molecule has 1 N–H and O–H groups in total. The average molecular weight is 260 g/mol. The lowest BCUT2D eigenvalue weighted by Gasteiger charge is -2.27. The number of carbonyl (C=O) groups excluding carboxylic acids is 2. The summed E-state index contributed by atoms with van der Waals surface area (Å²) in [6.45, 7) is 8.30. The molecule has 1 unspecified atom stereocenters. The topological polar surface area (TPSA) is 72.8 Å². The summed E-state index contributed by atoms with van der Waals surface area (Å²) in [5.41, 5.74) is -0.555. The van der Waals surface area contributed by atoms with Gasteiger partial charge in [0, 0.05) is 6.42 Å². The summed E-state index contributed by atoms with van der Waals surface area (Å²) in [6, 6.07) is 0. The zero-order chi connectivity index (χ0) is 14.4. The monoisotopic (exact) mass is 260 g/mol. The zero-order valence-electron chi connectivity index (χ0n) is 11.9. The Labute approximate surface area is 108 Å².